The highest BCUT2D eigenvalue weighted by Gasteiger charge is 2.43. The van der Waals surface area contributed by atoms with Crippen LogP contribution in [-0.4, -0.2) is 34.8 Å². The van der Waals surface area contributed by atoms with E-state index in [0.29, 0.717) is 35.7 Å². The maximum Gasteiger partial charge on any atom is 0.282 e. The van der Waals surface area contributed by atoms with Crippen molar-refractivity contribution in [2.45, 2.75) is 13.3 Å². The molecule has 7 heteroatoms. The molecule has 152 valence electrons. The molecule has 0 bridgehead atoms. The average molecular weight is 421 g/mol. The zero-order chi connectivity index (χ0) is 21.1. The Morgan fingerprint density at radius 2 is 1.80 bits per heavy atom. The maximum atomic E-state index is 14.5. The van der Waals surface area contributed by atoms with E-state index in [0.717, 1.165) is 10.5 Å². The number of rotatable bonds is 7. The summed E-state index contributed by atoms with van der Waals surface area (Å²) in [4.78, 5) is 34.3. The van der Waals surface area contributed by atoms with E-state index in [9.17, 15) is 14.0 Å². The van der Waals surface area contributed by atoms with Crippen molar-refractivity contribution in [2.24, 2.45) is 0 Å². The first-order chi connectivity index (χ1) is 14.6. The van der Waals surface area contributed by atoms with Gasteiger partial charge in [-0.15, -0.1) is 11.3 Å². The minimum Gasteiger partial charge on any atom is -0.366 e. The third kappa shape index (κ3) is 3.64. The molecule has 1 aromatic carbocycles. The van der Waals surface area contributed by atoms with Crippen LogP contribution in [0.2, 0.25) is 0 Å². The van der Waals surface area contributed by atoms with Gasteiger partial charge >= 0.3 is 0 Å². The van der Waals surface area contributed by atoms with Crippen LogP contribution in [0.3, 0.4) is 0 Å². The molecule has 5 nitrogen and oxygen atoms in total. The first-order valence-corrected chi connectivity index (χ1v) is 10.5. The highest BCUT2D eigenvalue weighted by atomic mass is 32.1. The van der Waals surface area contributed by atoms with Crippen molar-refractivity contribution in [3.05, 3.63) is 88.3 Å². The summed E-state index contributed by atoms with van der Waals surface area (Å²) in [7, 11) is 0. The molecule has 0 atom stereocenters. The Bertz CT molecular complexity index is 1100. The molecule has 2 aromatic heterocycles. The Kier molecular flexibility index (Phi) is 5.72. The molecule has 0 fully saturated rings. The molecule has 0 radical (unpaired) electrons. The van der Waals surface area contributed by atoms with Crippen molar-refractivity contribution in [3.8, 4) is 0 Å². The number of nitrogens with zero attached hydrogens (tertiary/aromatic N) is 3. The molecule has 1 aliphatic heterocycles. The minimum atomic E-state index is -0.606. The Labute approximate surface area is 178 Å². The number of aromatic nitrogens is 1. The van der Waals surface area contributed by atoms with E-state index in [4.69, 9.17) is 0 Å². The number of thiophene rings is 1. The molecule has 0 saturated carbocycles. The fourth-order valence-corrected chi connectivity index (χ4v) is 4.31. The van der Waals surface area contributed by atoms with Crippen LogP contribution in [0.5, 0.6) is 0 Å². The second-order valence-corrected chi connectivity index (χ2v) is 7.73. The normalized spacial score (nSPS) is 14.0. The largest absolute Gasteiger partial charge is 0.366 e. The Morgan fingerprint density at radius 3 is 2.47 bits per heavy atom. The number of pyridine rings is 1. The fourth-order valence-electron chi connectivity index (χ4n) is 3.55. The monoisotopic (exact) mass is 421 g/mol. The van der Waals surface area contributed by atoms with Crippen LogP contribution in [0.25, 0.3) is 5.57 Å². The van der Waals surface area contributed by atoms with Gasteiger partial charge in [0.05, 0.1) is 11.3 Å². The van der Waals surface area contributed by atoms with E-state index in [2.05, 4.69) is 4.98 Å². The quantitative estimate of drug-likeness (QED) is 0.539. The smallest absolute Gasteiger partial charge is 0.282 e. The number of hydrogen-bond donors (Lipinski definition) is 0. The number of anilines is 1. The van der Waals surface area contributed by atoms with Crippen molar-refractivity contribution in [3.63, 3.8) is 0 Å². The summed E-state index contributed by atoms with van der Waals surface area (Å²) in [6.07, 6.45) is 4.15. The SMILES string of the molecule is CCN(CCc1ccncc1)C1=C(c2cccs2)C(=O)N(c2ccccc2F)C1=O. The van der Waals surface area contributed by atoms with Crippen LogP contribution in [0.15, 0.2) is 72.0 Å². The lowest BCUT2D eigenvalue weighted by Crippen LogP contribution is -2.36. The van der Waals surface area contributed by atoms with Crippen molar-refractivity contribution in [1.29, 1.82) is 0 Å². The number of likely N-dealkylation sites (N-methyl/N-ethyl adjacent to an activating group) is 1. The molecule has 3 heterocycles. The summed E-state index contributed by atoms with van der Waals surface area (Å²) in [5, 5.41) is 1.86. The summed E-state index contributed by atoms with van der Waals surface area (Å²) < 4.78 is 14.5. The van der Waals surface area contributed by atoms with Gasteiger partial charge in [-0.2, -0.15) is 0 Å². The zero-order valence-electron chi connectivity index (χ0n) is 16.4. The maximum absolute atomic E-state index is 14.5. The lowest BCUT2D eigenvalue weighted by atomic mass is 10.1. The first-order valence-electron chi connectivity index (χ1n) is 9.67. The van der Waals surface area contributed by atoms with Crippen molar-refractivity contribution in [2.75, 3.05) is 18.0 Å². The molecule has 30 heavy (non-hydrogen) atoms. The molecule has 4 rings (SSSR count). The van der Waals surface area contributed by atoms with Gasteiger partial charge in [-0.05, 0) is 54.6 Å². The molecular weight excluding hydrogens is 401 g/mol. The van der Waals surface area contributed by atoms with Gasteiger partial charge in [-0.25, -0.2) is 9.29 Å². The summed E-state index contributed by atoms with van der Waals surface area (Å²) >= 11 is 1.39. The Morgan fingerprint density at radius 1 is 1.03 bits per heavy atom. The van der Waals surface area contributed by atoms with Gasteiger partial charge in [0.1, 0.15) is 11.5 Å². The Hall–Kier alpha value is -3.32. The number of amides is 2. The predicted molar refractivity (Wildman–Crippen MR) is 115 cm³/mol. The summed E-state index contributed by atoms with van der Waals surface area (Å²) in [5.41, 5.74) is 1.71. The van der Waals surface area contributed by atoms with Crippen LogP contribution in [0.4, 0.5) is 10.1 Å². The van der Waals surface area contributed by atoms with Crippen molar-refractivity contribution >= 4 is 34.4 Å². The van der Waals surface area contributed by atoms with E-state index in [1.54, 1.807) is 18.5 Å². The van der Waals surface area contributed by atoms with Gasteiger partial charge in [-0.1, -0.05) is 18.2 Å². The number of carbonyl (C=O) groups is 2. The topological polar surface area (TPSA) is 53.5 Å². The summed E-state index contributed by atoms with van der Waals surface area (Å²) in [6.45, 7) is 3.03. The third-order valence-electron chi connectivity index (χ3n) is 5.04. The van der Waals surface area contributed by atoms with E-state index in [1.807, 2.05) is 41.5 Å². The van der Waals surface area contributed by atoms with E-state index < -0.39 is 17.6 Å². The fraction of sp³-hybridized carbons (Fsp3) is 0.174. The van der Waals surface area contributed by atoms with Crippen LogP contribution in [0, 0.1) is 5.82 Å². The minimum absolute atomic E-state index is 0.0262. The van der Waals surface area contributed by atoms with Crippen LogP contribution >= 0.6 is 11.3 Å². The van der Waals surface area contributed by atoms with Crippen LogP contribution in [-0.2, 0) is 16.0 Å². The number of imide groups is 1. The number of carbonyl (C=O) groups excluding carboxylic acids is 2. The Balaban J connectivity index is 1.74. The number of halogens is 1. The number of hydrogen-bond acceptors (Lipinski definition) is 5. The molecule has 0 N–H and O–H groups in total. The molecule has 0 aliphatic carbocycles. The second-order valence-electron chi connectivity index (χ2n) is 6.78. The highest BCUT2D eigenvalue weighted by molar-refractivity contribution is 7.11. The highest BCUT2D eigenvalue weighted by Crippen LogP contribution is 2.37. The van der Waals surface area contributed by atoms with Gasteiger partial charge in [0.15, 0.2) is 0 Å². The molecule has 2 amide bonds. The zero-order valence-corrected chi connectivity index (χ0v) is 17.2. The lowest BCUT2D eigenvalue weighted by Gasteiger charge is -2.24. The van der Waals surface area contributed by atoms with Gasteiger partial charge < -0.3 is 4.90 Å². The summed E-state index contributed by atoms with van der Waals surface area (Å²) in [5.74, 6) is -1.60. The molecule has 0 spiro atoms. The van der Waals surface area contributed by atoms with E-state index in [-0.39, 0.29) is 5.69 Å². The van der Waals surface area contributed by atoms with Gasteiger partial charge in [-0.3, -0.25) is 14.6 Å². The molecule has 0 unspecified atom stereocenters. The van der Waals surface area contributed by atoms with E-state index >= 15 is 0 Å². The summed E-state index contributed by atoms with van der Waals surface area (Å²) in [6, 6.07) is 13.3. The molecule has 3 aromatic rings. The second kappa shape index (κ2) is 8.59. The van der Waals surface area contributed by atoms with Gasteiger partial charge in [0, 0.05) is 30.4 Å². The molecular formula is C23H20FN3O2S. The van der Waals surface area contributed by atoms with Crippen molar-refractivity contribution in [1.82, 2.24) is 9.88 Å². The van der Waals surface area contributed by atoms with Gasteiger partial charge in [0.2, 0.25) is 0 Å². The standard InChI is InChI=1S/C23H20FN3O2S/c1-2-26(14-11-16-9-12-25-13-10-16)21-20(19-8-5-15-30-19)22(28)27(23(21)29)18-7-4-3-6-17(18)24/h3-10,12-13,15H,2,11,14H2,1H3. The lowest BCUT2D eigenvalue weighted by molar-refractivity contribution is -0.120. The van der Waals surface area contributed by atoms with Crippen molar-refractivity contribution < 1.29 is 14.0 Å². The number of para-hydroxylation sites is 1. The molecule has 1 aliphatic rings. The average Bonchev–Trinajstić information content (AvgIpc) is 3.37. The van der Waals surface area contributed by atoms with Gasteiger partial charge in [0.25, 0.3) is 11.8 Å². The van der Waals surface area contributed by atoms with E-state index in [1.165, 1.54) is 29.5 Å². The third-order valence-corrected chi connectivity index (χ3v) is 5.93. The predicted octanol–water partition coefficient (Wildman–Crippen LogP) is 4.13. The number of benzene rings is 1. The van der Waals surface area contributed by atoms with Crippen LogP contribution in [0.1, 0.15) is 17.4 Å². The molecule has 0 saturated heterocycles. The van der Waals surface area contributed by atoms with Crippen LogP contribution < -0.4 is 4.90 Å². The first kappa shape index (κ1) is 20.0.